The molecule has 1 fully saturated rings. The molecule has 0 aliphatic carbocycles. The predicted octanol–water partition coefficient (Wildman–Crippen LogP) is 2.76. The van der Waals surface area contributed by atoms with E-state index >= 15 is 0 Å². The van der Waals surface area contributed by atoms with Crippen molar-refractivity contribution in [2.75, 3.05) is 38.2 Å². The minimum Gasteiger partial charge on any atom is -0.379 e. The second-order valence-corrected chi connectivity index (χ2v) is 7.11. The van der Waals surface area contributed by atoms with E-state index in [0.717, 1.165) is 25.2 Å². The van der Waals surface area contributed by atoms with Gasteiger partial charge in [0.25, 0.3) is 5.91 Å². The number of nitrogens with one attached hydrogen (secondary N) is 2. The van der Waals surface area contributed by atoms with Gasteiger partial charge >= 0.3 is 0 Å². The topological polar surface area (TPSA) is 70.7 Å². The molecule has 2 aromatic rings. The van der Waals surface area contributed by atoms with Gasteiger partial charge < -0.3 is 15.4 Å². The molecule has 2 amide bonds. The minimum absolute atomic E-state index is 0.129. The van der Waals surface area contributed by atoms with Crippen molar-refractivity contribution in [3.05, 3.63) is 65.2 Å². The highest BCUT2D eigenvalue weighted by Crippen LogP contribution is 2.18. The number of rotatable bonds is 6. The smallest absolute Gasteiger partial charge is 0.251 e. The zero-order valence-electron chi connectivity index (χ0n) is 16.4. The molecule has 1 heterocycles. The molecule has 3 rings (SSSR count). The van der Waals surface area contributed by atoms with Crippen LogP contribution >= 0.6 is 0 Å². The Kier molecular flexibility index (Phi) is 6.79. The van der Waals surface area contributed by atoms with Crippen molar-refractivity contribution in [1.29, 1.82) is 0 Å². The van der Waals surface area contributed by atoms with Gasteiger partial charge in [-0.05, 0) is 30.7 Å². The minimum atomic E-state index is -0.164. The Morgan fingerprint density at radius 3 is 2.50 bits per heavy atom. The van der Waals surface area contributed by atoms with E-state index in [4.69, 9.17) is 4.74 Å². The zero-order chi connectivity index (χ0) is 19.9. The van der Waals surface area contributed by atoms with Gasteiger partial charge in [-0.3, -0.25) is 14.5 Å². The van der Waals surface area contributed by atoms with Crippen LogP contribution in [-0.4, -0.2) is 49.6 Å². The van der Waals surface area contributed by atoms with E-state index in [1.165, 1.54) is 12.5 Å². The second kappa shape index (κ2) is 9.48. The molecule has 1 saturated heterocycles. The number of carbonyl (C=O) groups is 2. The maximum Gasteiger partial charge on any atom is 0.251 e. The van der Waals surface area contributed by atoms with E-state index in [-0.39, 0.29) is 17.9 Å². The van der Waals surface area contributed by atoms with Crippen LogP contribution in [0.4, 0.5) is 5.69 Å². The second-order valence-electron chi connectivity index (χ2n) is 7.11. The quantitative estimate of drug-likeness (QED) is 0.807. The number of amides is 2. The third-order valence-electron chi connectivity index (χ3n) is 4.77. The zero-order valence-corrected chi connectivity index (χ0v) is 16.4. The highest BCUT2D eigenvalue weighted by atomic mass is 16.5. The van der Waals surface area contributed by atoms with Crippen molar-refractivity contribution in [3.8, 4) is 0 Å². The van der Waals surface area contributed by atoms with Crippen molar-refractivity contribution in [2.45, 2.75) is 19.9 Å². The molecule has 1 aliphatic rings. The van der Waals surface area contributed by atoms with E-state index in [2.05, 4.69) is 39.8 Å². The first-order valence-electron chi connectivity index (χ1n) is 9.56. The van der Waals surface area contributed by atoms with Crippen LogP contribution in [0.2, 0.25) is 0 Å². The summed E-state index contributed by atoms with van der Waals surface area (Å²) < 4.78 is 5.43. The number of aryl methyl sites for hydroxylation is 1. The van der Waals surface area contributed by atoms with Crippen LogP contribution in [-0.2, 0) is 9.53 Å². The highest BCUT2D eigenvalue weighted by Gasteiger charge is 2.21. The Balaban J connectivity index is 1.76. The largest absolute Gasteiger partial charge is 0.379 e. The van der Waals surface area contributed by atoms with Gasteiger partial charge in [0, 0.05) is 37.8 Å². The number of nitrogens with zero attached hydrogens (tertiary/aromatic N) is 1. The molecule has 1 aliphatic heterocycles. The molecule has 2 aromatic carbocycles. The Hall–Kier alpha value is -2.70. The average Bonchev–Trinajstić information content (AvgIpc) is 2.68. The van der Waals surface area contributed by atoms with Gasteiger partial charge in [0.1, 0.15) is 0 Å². The Bertz CT molecular complexity index is 814. The third kappa shape index (κ3) is 5.65. The lowest BCUT2D eigenvalue weighted by Gasteiger charge is -2.31. The first kappa shape index (κ1) is 20.0. The fourth-order valence-corrected chi connectivity index (χ4v) is 3.26. The molecular formula is C22H27N3O3. The number of hydrogen-bond acceptors (Lipinski definition) is 4. The number of carbonyl (C=O) groups excluding carboxylic acids is 2. The lowest BCUT2D eigenvalue weighted by Crippen LogP contribution is -2.43. The fourth-order valence-electron chi connectivity index (χ4n) is 3.26. The van der Waals surface area contributed by atoms with Crippen LogP contribution in [0, 0.1) is 6.92 Å². The number of morpholine rings is 1. The summed E-state index contributed by atoms with van der Waals surface area (Å²) in [6.07, 6.45) is 0. The van der Waals surface area contributed by atoms with Crippen LogP contribution in [0.5, 0.6) is 0 Å². The summed E-state index contributed by atoms with van der Waals surface area (Å²) in [4.78, 5) is 26.5. The van der Waals surface area contributed by atoms with E-state index in [0.29, 0.717) is 24.5 Å². The molecule has 6 heteroatoms. The molecule has 0 saturated carbocycles. The molecule has 0 spiro atoms. The highest BCUT2D eigenvalue weighted by molar-refractivity contribution is 5.97. The number of hydrogen-bond donors (Lipinski definition) is 2. The first-order valence-corrected chi connectivity index (χ1v) is 9.56. The van der Waals surface area contributed by atoms with E-state index in [9.17, 15) is 9.59 Å². The molecule has 28 heavy (non-hydrogen) atoms. The summed E-state index contributed by atoms with van der Waals surface area (Å²) in [5.41, 5.74) is 3.39. The normalized spacial score (nSPS) is 15.6. The molecule has 1 atom stereocenters. The van der Waals surface area contributed by atoms with Gasteiger partial charge in [-0.25, -0.2) is 0 Å². The number of ether oxygens (including phenoxy) is 1. The Morgan fingerprint density at radius 2 is 1.82 bits per heavy atom. The van der Waals surface area contributed by atoms with Gasteiger partial charge in [0.05, 0.1) is 19.3 Å². The number of anilines is 1. The monoisotopic (exact) mass is 381 g/mol. The molecule has 0 bridgehead atoms. The standard InChI is InChI=1S/C22H27N3O3/c1-16-6-8-18(9-7-16)21(15-25-10-12-28-13-11-25)24-22(27)19-4-3-5-20(14-19)23-17(2)26/h3-9,14,21H,10-13,15H2,1-2H3,(H,23,26)(H,24,27). The van der Waals surface area contributed by atoms with Gasteiger partial charge in [-0.15, -0.1) is 0 Å². The van der Waals surface area contributed by atoms with Crippen molar-refractivity contribution in [3.63, 3.8) is 0 Å². The summed E-state index contributed by atoms with van der Waals surface area (Å²) in [6, 6.07) is 15.1. The SMILES string of the molecule is CC(=O)Nc1cccc(C(=O)NC(CN2CCOCC2)c2ccc(C)cc2)c1. The van der Waals surface area contributed by atoms with Crippen LogP contribution in [0.3, 0.4) is 0 Å². The maximum atomic E-state index is 12.9. The third-order valence-corrected chi connectivity index (χ3v) is 4.77. The molecule has 0 aromatic heterocycles. The molecule has 1 unspecified atom stereocenters. The molecule has 2 N–H and O–H groups in total. The van der Waals surface area contributed by atoms with Crippen molar-refractivity contribution in [2.24, 2.45) is 0 Å². The fraction of sp³-hybridized carbons (Fsp3) is 0.364. The van der Waals surface area contributed by atoms with Gasteiger partial charge in [0.15, 0.2) is 0 Å². The average molecular weight is 381 g/mol. The summed E-state index contributed by atoms with van der Waals surface area (Å²) in [7, 11) is 0. The Morgan fingerprint density at radius 1 is 1.11 bits per heavy atom. The van der Waals surface area contributed by atoms with Crippen LogP contribution in [0.25, 0.3) is 0 Å². The van der Waals surface area contributed by atoms with Crippen LogP contribution < -0.4 is 10.6 Å². The van der Waals surface area contributed by atoms with E-state index < -0.39 is 0 Å². The van der Waals surface area contributed by atoms with Crippen LogP contribution in [0.15, 0.2) is 48.5 Å². The molecule has 148 valence electrons. The van der Waals surface area contributed by atoms with Gasteiger partial charge in [-0.1, -0.05) is 35.9 Å². The lowest BCUT2D eigenvalue weighted by atomic mass is 10.0. The van der Waals surface area contributed by atoms with Gasteiger partial charge in [0.2, 0.25) is 5.91 Å². The summed E-state index contributed by atoms with van der Waals surface area (Å²) in [6.45, 7) is 7.37. The first-order chi connectivity index (χ1) is 13.5. The van der Waals surface area contributed by atoms with Crippen LogP contribution in [0.1, 0.15) is 34.5 Å². The molecule has 0 radical (unpaired) electrons. The number of benzene rings is 2. The Labute approximate surface area is 165 Å². The molecular weight excluding hydrogens is 354 g/mol. The van der Waals surface area contributed by atoms with Gasteiger partial charge in [-0.2, -0.15) is 0 Å². The summed E-state index contributed by atoms with van der Waals surface area (Å²) >= 11 is 0. The maximum absolute atomic E-state index is 12.9. The summed E-state index contributed by atoms with van der Waals surface area (Å²) in [5, 5.41) is 5.88. The summed E-state index contributed by atoms with van der Waals surface area (Å²) in [5.74, 6) is -0.326. The molecule has 6 nitrogen and oxygen atoms in total. The predicted molar refractivity (Wildman–Crippen MR) is 109 cm³/mol. The van der Waals surface area contributed by atoms with E-state index in [1.807, 2.05) is 6.92 Å². The van der Waals surface area contributed by atoms with Crippen molar-refractivity contribution < 1.29 is 14.3 Å². The lowest BCUT2D eigenvalue weighted by molar-refractivity contribution is -0.114. The van der Waals surface area contributed by atoms with Crippen molar-refractivity contribution in [1.82, 2.24) is 10.2 Å². The van der Waals surface area contributed by atoms with E-state index in [1.54, 1.807) is 24.3 Å². The van der Waals surface area contributed by atoms with Crippen molar-refractivity contribution >= 4 is 17.5 Å².